The number of rotatable bonds is 3. The van der Waals surface area contributed by atoms with Gasteiger partial charge in [0.15, 0.2) is 17.4 Å². The average Bonchev–Trinajstić information content (AvgIpc) is 3.00. The van der Waals surface area contributed by atoms with Gasteiger partial charge in [0.2, 0.25) is 0 Å². The van der Waals surface area contributed by atoms with Crippen molar-refractivity contribution in [3.05, 3.63) is 83.7 Å². The molecule has 0 amide bonds. The monoisotopic (exact) mass is 284 g/mol. The van der Waals surface area contributed by atoms with Crippen LogP contribution in [0.4, 0.5) is 8.78 Å². The quantitative estimate of drug-likeness (QED) is 0.691. The summed E-state index contributed by atoms with van der Waals surface area (Å²) in [6.07, 6.45) is 2.82. The lowest BCUT2D eigenvalue weighted by molar-refractivity contribution is 0.103. The van der Waals surface area contributed by atoms with E-state index in [-0.39, 0.29) is 11.1 Å². The van der Waals surface area contributed by atoms with Crippen molar-refractivity contribution in [2.24, 2.45) is 0 Å². The molecule has 0 saturated heterocycles. The summed E-state index contributed by atoms with van der Waals surface area (Å²) in [5.41, 5.74) is 0.669. The van der Waals surface area contributed by atoms with Crippen LogP contribution in [0.2, 0.25) is 0 Å². The van der Waals surface area contributed by atoms with E-state index in [9.17, 15) is 13.6 Å². The molecule has 0 radical (unpaired) electrons. The molecular formula is C16H10F2N2O. The molecule has 5 heteroatoms. The first-order chi connectivity index (χ1) is 10.2. The highest BCUT2D eigenvalue weighted by Crippen LogP contribution is 2.17. The third-order valence-corrected chi connectivity index (χ3v) is 3.06. The summed E-state index contributed by atoms with van der Waals surface area (Å²) in [7, 11) is 0. The molecule has 1 heterocycles. The maximum atomic E-state index is 13.6. The number of aromatic nitrogens is 2. The lowest BCUT2D eigenvalue weighted by Crippen LogP contribution is -2.05. The molecule has 0 aliphatic heterocycles. The second kappa shape index (κ2) is 5.28. The summed E-state index contributed by atoms with van der Waals surface area (Å²) in [4.78, 5) is 12.2. The minimum Gasteiger partial charge on any atom is -0.288 e. The highest BCUT2D eigenvalue weighted by molar-refractivity contribution is 6.08. The molecule has 3 nitrogen and oxygen atoms in total. The van der Waals surface area contributed by atoms with E-state index < -0.39 is 17.4 Å². The zero-order chi connectivity index (χ0) is 14.8. The molecule has 0 bridgehead atoms. The standard InChI is InChI=1S/C16H10F2N2O/c17-14-8-4-7-13(15(14)18)16(21)11-9-19-20(10-11)12-5-2-1-3-6-12/h1-10H. The van der Waals surface area contributed by atoms with Crippen molar-refractivity contribution >= 4 is 5.78 Å². The number of halogens is 2. The predicted octanol–water partition coefficient (Wildman–Crippen LogP) is 3.38. The Labute approximate surface area is 119 Å². The molecule has 0 aliphatic rings. The molecule has 104 valence electrons. The number of hydrogen-bond acceptors (Lipinski definition) is 2. The van der Waals surface area contributed by atoms with Crippen LogP contribution in [0, 0.1) is 11.6 Å². The molecule has 0 aliphatic carbocycles. The van der Waals surface area contributed by atoms with Crippen molar-refractivity contribution in [2.45, 2.75) is 0 Å². The Morgan fingerprint density at radius 3 is 2.52 bits per heavy atom. The minimum atomic E-state index is -1.14. The van der Waals surface area contributed by atoms with Crippen LogP contribution in [-0.2, 0) is 0 Å². The van der Waals surface area contributed by atoms with E-state index in [0.29, 0.717) is 0 Å². The Bertz CT molecular complexity index is 797. The molecule has 0 fully saturated rings. The molecule has 0 unspecified atom stereocenters. The van der Waals surface area contributed by atoms with Gasteiger partial charge in [-0.15, -0.1) is 0 Å². The number of benzene rings is 2. The van der Waals surface area contributed by atoms with Gasteiger partial charge in [0.1, 0.15) is 0 Å². The van der Waals surface area contributed by atoms with Crippen LogP contribution in [0.5, 0.6) is 0 Å². The van der Waals surface area contributed by atoms with Gasteiger partial charge in [0.05, 0.1) is 23.0 Å². The van der Waals surface area contributed by atoms with Crippen molar-refractivity contribution in [3.8, 4) is 5.69 Å². The first-order valence-corrected chi connectivity index (χ1v) is 6.25. The summed E-state index contributed by atoms with van der Waals surface area (Å²) in [6.45, 7) is 0. The van der Waals surface area contributed by atoms with Gasteiger partial charge in [-0.3, -0.25) is 4.79 Å². The molecule has 0 spiro atoms. The van der Waals surface area contributed by atoms with E-state index >= 15 is 0 Å². The topological polar surface area (TPSA) is 34.9 Å². The first kappa shape index (κ1) is 13.2. The van der Waals surface area contributed by atoms with Gasteiger partial charge in [0.25, 0.3) is 0 Å². The summed E-state index contributed by atoms with van der Waals surface area (Å²) >= 11 is 0. The number of ketones is 1. The fourth-order valence-electron chi connectivity index (χ4n) is 2.00. The molecule has 0 N–H and O–H groups in total. The van der Waals surface area contributed by atoms with E-state index in [2.05, 4.69) is 5.10 Å². The molecule has 21 heavy (non-hydrogen) atoms. The molecule has 0 atom stereocenters. The van der Waals surface area contributed by atoms with E-state index in [1.165, 1.54) is 29.2 Å². The number of para-hydroxylation sites is 1. The predicted molar refractivity (Wildman–Crippen MR) is 73.4 cm³/mol. The van der Waals surface area contributed by atoms with Crippen LogP contribution in [0.3, 0.4) is 0 Å². The summed E-state index contributed by atoms with van der Waals surface area (Å²) in [6, 6.07) is 12.7. The van der Waals surface area contributed by atoms with Crippen LogP contribution in [-0.4, -0.2) is 15.6 Å². The number of carbonyl (C=O) groups is 1. The third-order valence-electron chi connectivity index (χ3n) is 3.06. The molecular weight excluding hydrogens is 274 g/mol. The van der Waals surface area contributed by atoms with Gasteiger partial charge < -0.3 is 0 Å². The Morgan fingerprint density at radius 2 is 1.76 bits per heavy atom. The fourth-order valence-corrected chi connectivity index (χ4v) is 2.00. The summed E-state index contributed by atoms with van der Waals surface area (Å²) in [5, 5.41) is 4.06. The SMILES string of the molecule is O=C(c1cnn(-c2ccccc2)c1)c1cccc(F)c1F. The van der Waals surface area contributed by atoms with E-state index in [1.807, 2.05) is 30.3 Å². The Balaban J connectivity index is 1.97. The maximum Gasteiger partial charge on any atom is 0.199 e. The number of nitrogens with zero attached hydrogens (tertiary/aromatic N) is 2. The van der Waals surface area contributed by atoms with Crippen LogP contribution in [0.15, 0.2) is 60.9 Å². The van der Waals surface area contributed by atoms with Gasteiger partial charge in [0, 0.05) is 6.20 Å². The molecule has 1 aromatic heterocycles. The maximum absolute atomic E-state index is 13.6. The van der Waals surface area contributed by atoms with Crippen LogP contribution >= 0.6 is 0 Å². The highest BCUT2D eigenvalue weighted by atomic mass is 19.2. The molecule has 3 aromatic rings. The van der Waals surface area contributed by atoms with Crippen molar-refractivity contribution in [2.75, 3.05) is 0 Å². The average molecular weight is 284 g/mol. The zero-order valence-corrected chi connectivity index (χ0v) is 10.8. The molecule has 3 rings (SSSR count). The zero-order valence-electron chi connectivity index (χ0n) is 10.8. The third kappa shape index (κ3) is 2.45. The summed E-state index contributed by atoms with van der Waals surface area (Å²) in [5.74, 6) is -2.79. The lowest BCUT2D eigenvalue weighted by Gasteiger charge is -2.01. The Hall–Kier alpha value is -2.82. The first-order valence-electron chi connectivity index (χ1n) is 6.25. The van der Waals surface area contributed by atoms with E-state index in [4.69, 9.17) is 0 Å². The van der Waals surface area contributed by atoms with Crippen molar-refractivity contribution < 1.29 is 13.6 Å². The van der Waals surface area contributed by atoms with Crippen LogP contribution in [0.25, 0.3) is 5.69 Å². The number of carbonyl (C=O) groups excluding carboxylic acids is 1. The van der Waals surface area contributed by atoms with Crippen molar-refractivity contribution in [3.63, 3.8) is 0 Å². The second-order valence-electron chi connectivity index (χ2n) is 4.44. The smallest absolute Gasteiger partial charge is 0.199 e. The Morgan fingerprint density at radius 1 is 1.00 bits per heavy atom. The summed E-state index contributed by atoms with van der Waals surface area (Å²) < 4.78 is 28.3. The lowest BCUT2D eigenvalue weighted by atomic mass is 10.1. The normalized spacial score (nSPS) is 10.6. The van der Waals surface area contributed by atoms with Gasteiger partial charge in [-0.25, -0.2) is 13.5 Å². The van der Waals surface area contributed by atoms with Crippen molar-refractivity contribution in [1.82, 2.24) is 9.78 Å². The van der Waals surface area contributed by atoms with Crippen LogP contribution < -0.4 is 0 Å². The van der Waals surface area contributed by atoms with Gasteiger partial charge in [-0.05, 0) is 24.3 Å². The fraction of sp³-hybridized carbons (Fsp3) is 0. The Kier molecular flexibility index (Phi) is 3.31. The highest BCUT2D eigenvalue weighted by Gasteiger charge is 2.18. The number of hydrogen-bond donors (Lipinski definition) is 0. The second-order valence-corrected chi connectivity index (χ2v) is 4.44. The van der Waals surface area contributed by atoms with Crippen LogP contribution in [0.1, 0.15) is 15.9 Å². The van der Waals surface area contributed by atoms with Gasteiger partial charge in [-0.2, -0.15) is 5.10 Å². The van der Waals surface area contributed by atoms with Gasteiger partial charge in [-0.1, -0.05) is 24.3 Å². The minimum absolute atomic E-state index is 0.198. The van der Waals surface area contributed by atoms with Crippen molar-refractivity contribution in [1.29, 1.82) is 0 Å². The largest absolute Gasteiger partial charge is 0.288 e. The molecule has 0 saturated carbocycles. The van der Waals surface area contributed by atoms with E-state index in [0.717, 1.165) is 11.8 Å². The van der Waals surface area contributed by atoms with Gasteiger partial charge >= 0.3 is 0 Å². The molecule has 2 aromatic carbocycles. The van der Waals surface area contributed by atoms with E-state index in [1.54, 1.807) is 0 Å².